The third kappa shape index (κ3) is 8.53. The quantitative estimate of drug-likeness (QED) is 0.125. The van der Waals surface area contributed by atoms with Gasteiger partial charge in [-0.2, -0.15) is 0 Å². The van der Waals surface area contributed by atoms with Crippen LogP contribution in [-0.2, 0) is 0 Å². The Bertz CT molecular complexity index is 4010. The first-order chi connectivity index (χ1) is 36.7. The zero-order valence-corrected chi connectivity index (χ0v) is 41.0. The van der Waals surface area contributed by atoms with E-state index in [0.717, 1.165) is 40.3 Å². The molecule has 0 bridgehead atoms. The number of nitrogens with zero attached hydrogens (tertiary/aromatic N) is 2. The van der Waals surface area contributed by atoms with Crippen molar-refractivity contribution in [2.24, 2.45) is 0 Å². The zero-order valence-electron chi connectivity index (χ0n) is 41.0. The lowest BCUT2D eigenvalue weighted by atomic mass is 9.87. The summed E-state index contributed by atoms with van der Waals surface area (Å²) in [6.45, 7) is 0. The van der Waals surface area contributed by atoms with E-state index in [1.165, 1.54) is 83.0 Å². The Morgan fingerprint density at radius 1 is 0.324 bits per heavy atom. The van der Waals surface area contributed by atoms with E-state index in [4.69, 9.17) is 0 Å². The van der Waals surface area contributed by atoms with Crippen LogP contribution in [0.2, 0.25) is 0 Å². The second kappa shape index (κ2) is 19.6. The van der Waals surface area contributed by atoms with Crippen molar-refractivity contribution in [2.45, 2.75) is 12.3 Å². The summed E-state index contributed by atoms with van der Waals surface area (Å²) in [5.74, 6) is 0.336. The molecule has 0 saturated carbocycles. The van der Waals surface area contributed by atoms with E-state index >= 15 is 0 Å². The fourth-order valence-electron chi connectivity index (χ4n) is 11.1. The maximum Gasteiger partial charge on any atom is 0.0547 e. The van der Waals surface area contributed by atoms with Crippen molar-refractivity contribution in [2.75, 3.05) is 4.90 Å². The number of para-hydroxylation sites is 2. The summed E-state index contributed by atoms with van der Waals surface area (Å²) >= 11 is 0. The molecule has 0 saturated heterocycles. The standard InChI is InChI=1S/C72H52N2/c1-5-20-51(21-6-1)59-47-60(52-22-7-2-8-23-52)49-61(48-59)53-38-42-63(43-39-53)73(64-44-40-55(41-45-64)67-33-14-13-32-66(67)54-24-9-3-10-25-54)65-31-18-27-57(50-65)56-26-17-28-58(46-56)68-35-19-37-71-72(68)69-34-15-16-36-70(69)74(71)62-29-11-4-12-30-62/h1-22,24-50,52H,23H2. The summed E-state index contributed by atoms with van der Waals surface area (Å²) in [5.41, 5.74) is 22.5. The van der Waals surface area contributed by atoms with Gasteiger partial charge in [-0.3, -0.25) is 0 Å². The summed E-state index contributed by atoms with van der Waals surface area (Å²) in [5, 5.41) is 2.50. The van der Waals surface area contributed by atoms with Gasteiger partial charge in [0.25, 0.3) is 0 Å². The lowest BCUT2D eigenvalue weighted by molar-refractivity contribution is 0.854. The summed E-state index contributed by atoms with van der Waals surface area (Å²) in [6.07, 6.45) is 9.94. The van der Waals surface area contributed by atoms with Gasteiger partial charge in [-0.25, -0.2) is 0 Å². The molecule has 74 heavy (non-hydrogen) atoms. The van der Waals surface area contributed by atoms with Gasteiger partial charge in [-0.05, 0) is 152 Å². The van der Waals surface area contributed by atoms with Gasteiger partial charge in [0.15, 0.2) is 0 Å². The van der Waals surface area contributed by atoms with Crippen molar-refractivity contribution in [1.29, 1.82) is 0 Å². The van der Waals surface area contributed by atoms with Crippen molar-refractivity contribution >= 4 is 38.9 Å². The molecule has 11 aromatic carbocycles. The van der Waals surface area contributed by atoms with Crippen LogP contribution in [0.25, 0.3) is 94.3 Å². The Hall–Kier alpha value is -9.50. The van der Waals surface area contributed by atoms with Gasteiger partial charge in [0.05, 0.1) is 11.0 Å². The molecule has 12 aromatic rings. The fourth-order valence-corrected chi connectivity index (χ4v) is 11.1. The number of benzene rings is 11. The molecule has 13 rings (SSSR count). The Labute approximate surface area is 433 Å². The van der Waals surface area contributed by atoms with Crippen LogP contribution in [0, 0.1) is 0 Å². The molecule has 2 heteroatoms. The van der Waals surface area contributed by atoms with Crippen LogP contribution in [0.15, 0.2) is 297 Å². The van der Waals surface area contributed by atoms with Crippen LogP contribution in [0.3, 0.4) is 0 Å². The van der Waals surface area contributed by atoms with Gasteiger partial charge >= 0.3 is 0 Å². The van der Waals surface area contributed by atoms with E-state index in [1.54, 1.807) is 0 Å². The molecule has 0 N–H and O–H groups in total. The molecule has 1 heterocycles. The molecule has 0 fully saturated rings. The van der Waals surface area contributed by atoms with Crippen LogP contribution in [0.5, 0.6) is 0 Å². The third-order valence-corrected chi connectivity index (χ3v) is 14.7. The molecule has 2 nitrogen and oxygen atoms in total. The van der Waals surface area contributed by atoms with E-state index in [0.29, 0.717) is 5.92 Å². The number of hydrogen-bond acceptors (Lipinski definition) is 1. The molecule has 0 amide bonds. The van der Waals surface area contributed by atoms with Crippen molar-refractivity contribution in [3.8, 4) is 72.4 Å². The number of hydrogen-bond donors (Lipinski definition) is 0. The second-order valence-corrected chi connectivity index (χ2v) is 19.2. The highest BCUT2D eigenvalue weighted by atomic mass is 15.1. The van der Waals surface area contributed by atoms with Crippen molar-refractivity contribution in [3.63, 3.8) is 0 Å². The van der Waals surface area contributed by atoms with E-state index in [-0.39, 0.29) is 0 Å². The van der Waals surface area contributed by atoms with Crippen molar-refractivity contribution < 1.29 is 0 Å². The minimum absolute atomic E-state index is 0.336. The lowest BCUT2D eigenvalue weighted by Gasteiger charge is -2.27. The van der Waals surface area contributed by atoms with Gasteiger partial charge < -0.3 is 9.47 Å². The third-order valence-electron chi connectivity index (χ3n) is 14.7. The molecule has 1 atom stereocenters. The average Bonchev–Trinajstić information content (AvgIpc) is 3.84. The predicted molar refractivity (Wildman–Crippen MR) is 314 cm³/mol. The van der Waals surface area contributed by atoms with Crippen molar-refractivity contribution in [3.05, 3.63) is 303 Å². The highest BCUT2D eigenvalue weighted by molar-refractivity contribution is 6.16. The largest absolute Gasteiger partial charge is 0.310 e. The monoisotopic (exact) mass is 944 g/mol. The number of rotatable bonds is 11. The van der Waals surface area contributed by atoms with E-state index < -0.39 is 0 Å². The second-order valence-electron chi connectivity index (χ2n) is 19.2. The SMILES string of the molecule is C1=CCC(c2cc(-c3ccccc3)cc(-c3ccc(N(c4ccc(-c5ccccc5-c5ccccc5)cc4)c4cccc(-c5cccc(-c6cccc7c6c6ccccc6n7-c6ccccc6)c5)c4)cc3)c2)C=C1. The fraction of sp³-hybridized carbons (Fsp3) is 0.0278. The Kier molecular flexibility index (Phi) is 11.8. The van der Waals surface area contributed by atoms with Crippen LogP contribution < -0.4 is 4.90 Å². The maximum atomic E-state index is 2.40. The van der Waals surface area contributed by atoms with Gasteiger partial charge in [0.2, 0.25) is 0 Å². The minimum Gasteiger partial charge on any atom is -0.310 e. The zero-order chi connectivity index (χ0) is 49.2. The average molecular weight is 945 g/mol. The summed E-state index contributed by atoms with van der Waals surface area (Å²) in [7, 11) is 0. The topological polar surface area (TPSA) is 8.17 Å². The summed E-state index contributed by atoms with van der Waals surface area (Å²) < 4.78 is 2.39. The van der Waals surface area contributed by atoms with Gasteiger partial charge in [-0.1, -0.05) is 224 Å². The minimum atomic E-state index is 0.336. The van der Waals surface area contributed by atoms with Crippen LogP contribution in [0.4, 0.5) is 17.1 Å². The predicted octanol–water partition coefficient (Wildman–Crippen LogP) is 19.9. The Balaban J connectivity index is 0.905. The van der Waals surface area contributed by atoms with Crippen molar-refractivity contribution in [1.82, 2.24) is 4.57 Å². The number of aromatic nitrogens is 1. The molecular formula is C72H52N2. The van der Waals surface area contributed by atoms with Gasteiger partial charge in [0.1, 0.15) is 0 Å². The number of anilines is 3. The highest BCUT2D eigenvalue weighted by Crippen LogP contribution is 2.43. The molecule has 1 aliphatic rings. The van der Waals surface area contributed by atoms with E-state index in [2.05, 4.69) is 307 Å². The van der Waals surface area contributed by atoms with E-state index in [9.17, 15) is 0 Å². The number of fused-ring (bicyclic) bond motifs is 3. The smallest absolute Gasteiger partial charge is 0.0547 e. The van der Waals surface area contributed by atoms with Gasteiger partial charge in [0, 0.05) is 39.4 Å². The molecule has 0 aliphatic heterocycles. The first kappa shape index (κ1) is 44.4. The number of allylic oxidation sites excluding steroid dienone is 4. The normalized spacial score (nSPS) is 13.1. The maximum absolute atomic E-state index is 2.40. The molecule has 350 valence electrons. The molecular weight excluding hydrogens is 893 g/mol. The molecule has 1 aliphatic carbocycles. The van der Waals surface area contributed by atoms with Crippen LogP contribution in [-0.4, -0.2) is 4.57 Å². The first-order valence-corrected chi connectivity index (χ1v) is 25.7. The molecule has 1 aromatic heterocycles. The summed E-state index contributed by atoms with van der Waals surface area (Å²) in [6, 6.07) is 99.8. The lowest BCUT2D eigenvalue weighted by Crippen LogP contribution is -2.10. The molecule has 0 spiro atoms. The first-order valence-electron chi connectivity index (χ1n) is 25.7. The summed E-state index contributed by atoms with van der Waals surface area (Å²) in [4.78, 5) is 2.40. The van der Waals surface area contributed by atoms with E-state index in [1.807, 2.05) is 0 Å². The Morgan fingerprint density at radius 3 is 1.51 bits per heavy atom. The molecule has 1 unspecified atom stereocenters. The van der Waals surface area contributed by atoms with Crippen LogP contribution in [0.1, 0.15) is 17.9 Å². The highest BCUT2D eigenvalue weighted by Gasteiger charge is 2.19. The molecule has 0 radical (unpaired) electrons. The Morgan fingerprint density at radius 2 is 0.824 bits per heavy atom. The van der Waals surface area contributed by atoms with Crippen LogP contribution >= 0.6 is 0 Å². The van der Waals surface area contributed by atoms with Gasteiger partial charge in [-0.15, -0.1) is 0 Å².